The number of amides is 11. The number of unbranched alkanes of at least 4 members (excludes halogenated alkanes) is 1. The van der Waals surface area contributed by atoms with Gasteiger partial charge in [-0.3, -0.25) is 52.7 Å². The van der Waals surface area contributed by atoms with Crippen LogP contribution in [0.4, 0.5) is 11.4 Å². The Morgan fingerprint density at radius 2 is 1.06 bits per heavy atom. The van der Waals surface area contributed by atoms with Crippen LogP contribution in [0.2, 0.25) is 0 Å². The highest BCUT2D eigenvalue weighted by Crippen LogP contribution is 2.51. The summed E-state index contributed by atoms with van der Waals surface area (Å²) in [5.74, 6) is -10.1. The van der Waals surface area contributed by atoms with Crippen LogP contribution in [0, 0.1) is 0 Å². The number of para-hydroxylation sites is 1. The first-order valence-electron chi connectivity index (χ1n) is 42.4. The molecular formula is C94H114N15O14S2+. The number of primary amides is 1. The van der Waals surface area contributed by atoms with Gasteiger partial charge in [0.1, 0.15) is 60.1 Å². The van der Waals surface area contributed by atoms with Crippen LogP contribution in [0.15, 0.2) is 194 Å². The number of phenols is 1. The summed E-state index contributed by atoms with van der Waals surface area (Å²) in [7, 11) is 0. The van der Waals surface area contributed by atoms with E-state index in [0.29, 0.717) is 47.0 Å². The molecule has 0 saturated carbocycles. The van der Waals surface area contributed by atoms with Crippen LogP contribution in [0.5, 0.6) is 5.75 Å². The highest BCUT2D eigenvalue weighted by molar-refractivity contribution is 7.80. The first-order chi connectivity index (χ1) is 59.9. The second kappa shape index (κ2) is 43.0. The van der Waals surface area contributed by atoms with Crippen LogP contribution in [0.3, 0.4) is 0 Å². The maximum absolute atomic E-state index is 15.3. The minimum Gasteiger partial charge on any atom is -0.508 e. The van der Waals surface area contributed by atoms with Gasteiger partial charge in [0.2, 0.25) is 70.7 Å². The zero-order valence-corrected chi connectivity index (χ0v) is 72.8. The predicted octanol–water partition coefficient (Wildman–Crippen LogP) is 5.76. The molecule has 11 atom stereocenters. The number of carbonyl (C=O) groups excluding carboxylic acids is 11. The highest BCUT2D eigenvalue weighted by atomic mass is 32.1. The van der Waals surface area contributed by atoms with Crippen molar-refractivity contribution in [2.75, 3.05) is 42.6 Å². The lowest BCUT2D eigenvalue weighted by Crippen LogP contribution is -2.63. The van der Waals surface area contributed by atoms with Crippen molar-refractivity contribution >= 4 is 140 Å². The molecule has 3 aliphatic heterocycles. The molecule has 11 amide bonds. The number of hydrogen-bond acceptors (Lipinski definition) is 18. The Morgan fingerprint density at radius 3 is 1.68 bits per heavy atom. The van der Waals surface area contributed by atoms with E-state index in [-0.39, 0.29) is 94.8 Å². The summed E-state index contributed by atoms with van der Waals surface area (Å²) in [6.45, 7) is 11.9. The predicted molar refractivity (Wildman–Crippen MR) is 488 cm³/mol. The maximum Gasteiger partial charge on any atom is 0.245 e. The van der Waals surface area contributed by atoms with Crippen molar-refractivity contribution in [1.29, 1.82) is 0 Å². The van der Waals surface area contributed by atoms with E-state index in [1.54, 1.807) is 54.7 Å². The van der Waals surface area contributed by atoms with Crippen LogP contribution in [-0.2, 0) is 82.8 Å². The van der Waals surface area contributed by atoms with Gasteiger partial charge >= 0.3 is 0 Å². The van der Waals surface area contributed by atoms with Crippen molar-refractivity contribution in [3.05, 3.63) is 222 Å². The Bertz CT molecular complexity index is 5420. The topological polar surface area (TPSA) is 443 Å². The second-order valence-corrected chi connectivity index (χ2v) is 33.8. The van der Waals surface area contributed by atoms with E-state index < -0.39 is 142 Å². The number of nitrogens with two attached hydrogens (primary N) is 2. The molecule has 1 aromatic heterocycles. The quantitative estimate of drug-likeness (QED) is 0.0330. The fraction of sp³-hybridized carbons (Fsp3) is 0.383. The molecule has 8 aromatic rings. The summed E-state index contributed by atoms with van der Waals surface area (Å²) >= 11 is 8.85. The Kier molecular flexibility index (Phi) is 32.1. The van der Waals surface area contributed by atoms with E-state index in [1.165, 1.54) is 38.1 Å². The number of fused-ring (bicyclic) bond motifs is 10. The molecule has 0 aliphatic carbocycles. The molecule has 660 valence electrons. The number of H-pyrrole nitrogens is 1. The monoisotopic (exact) mass is 1740 g/mol. The van der Waals surface area contributed by atoms with Crippen molar-refractivity contribution in [2.24, 2.45) is 11.5 Å². The summed E-state index contributed by atoms with van der Waals surface area (Å²) in [6, 6.07) is 32.8. The molecule has 18 N–H and O–H groups in total. The molecule has 31 heteroatoms. The Labute approximate surface area is 737 Å². The van der Waals surface area contributed by atoms with E-state index >= 15 is 14.4 Å². The molecule has 11 rings (SSSR count). The zero-order valence-electron chi connectivity index (χ0n) is 71.0. The number of anilines is 1. The van der Waals surface area contributed by atoms with Gasteiger partial charge in [-0.25, -0.2) is 0 Å². The Morgan fingerprint density at radius 1 is 0.528 bits per heavy atom. The third-order valence-electron chi connectivity index (χ3n) is 23.3. The summed E-state index contributed by atoms with van der Waals surface area (Å²) in [5, 5.41) is 64.4. The maximum atomic E-state index is 15.3. The molecular weight excluding hydrogens is 1630 g/mol. The number of aliphatic hydroxyl groups is 2. The minimum atomic E-state index is -1.83. The smallest absolute Gasteiger partial charge is 0.245 e. The molecule has 0 spiro atoms. The van der Waals surface area contributed by atoms with Crippen molar-refractivity contribution in [3.8, 4) is 5.75 Å². The van der Waals surface area contributed by atoms with Gasteiger partial charge in [-0.05, 0) is 153 Å². The van der Waals surface area contributed by atoms with Gasteiger partial charge in [0.25, 0.3) is 0 Å². The first-order valence-corrected chi connectivity index (χ1v) is 43.6. The van der Waals surface area contributed by atoms with Crippen molar-refractivity contribution in [2.45, 2.75) is 190 Å². The number of aliphatic hydroxyl groups excluding tert-OH is 2. The number of hydrogen-bond donors (Lipinski definition) is 18. The summed E-state index contributed by atoms with van der Waals surface area (Å²) < 4.78 is 2.13. The van der Waals surface area contributed by atoms with E-state index in [0.717, 1.165) is 55.5 Å². The largest absolute Gasteiger partial charge is 0.508 e. The van der Waals surface area contributed by atoms with Crippen LogP contribution in [0.25, 0.3) is 32.4 Å². The third kappa shape index (κ3) is 23.3. The summed E-state index contributed by atoms with van der Waals surface area (Å²) in [5.41, 5.74) is 18.8. The number of aromatic nitrogens is 1. The summed E-state index contributed by atoms with van der Waals surface area (Å²) in [4.78, 5) is 165. The lowest BCUT2D eigenvalue weighted by Gasteiger charge is -2.29. The number of aromatic amines is 1. The molecule has 29 nitrogen and oxygen atoms in total. The number of allylic oxidation sites excluding steroid dienone is 6. The van der Waals surface area contributed by atoms with E-state index in [9.17, 15) is 53.7 Å². The molecule has 3 aliphatic rings. The van der Waals surface area contributed by atoms with E-state index in [1.807, 2.05) is 54.6 Å². The standard InChI is InChI=1S/C94H113N15O14S2/c1-55(110)82-91(122)100-67(84(96)115)31-20-22-46-97-78(113)43-47-108-74-41-37-59-25-13-15-28-64(59)80(74)93(3,4)76(108)33-11-8-12-34-77-94(5,6)81-65-29-16-14-26-60(65)38-42-75(81)109(77)48-44-79(114)99-69(49-57-23-9-7-10-24-57)86(117)104-72(53-124)89(120)102-70(50-58-35-39-62(112)40-36-58)87(118)103-71(51-61-52-98-66-30-18-17-27-63(61)66)88(119)101-68(32-19-21-45-95)85(116)106-83(56(2)111)92(123)105-73(54-125)90(121)107-82/h7-18,23-30,33-42,52,55-56,67-73,82-83,98,110-111H,19-22,31-32,43-51,53-54,95H2,1-6H3,(H14-,96,97,99,100,101,102,103,104,105,106,107,112,113,114,115,116,117,118,119,120,121,122,123,124,125)/p+1/t55-,56-,67+,68+,69-,70+,71-,72+,73+,82+,83+/m1/s1. The van der Waals surface area contributed by atoms with Gasteiger partial charge in [-0.2, -0.15) is 29.8 Å². The van der Waals surface area contributed by atoms with Crippen molar-refractivity contribution < 1.29 is 72.6 Å². The number of nitrogens with zero attached hydrogens (tertiary/aromatic N) is 2. The third-order valence-corrected chi connectivity index (χ3v) is 24.0. The van der Waals surface area contributed by atoms with Gasteiger partial charge in [0.05, 0.1) is 24.0 Å². The number of nitrogens with one attached hydrogen (secondary N) is 11. The van der Waals surface area contributed by atoms with Crippen LogP contribution in [0.1, 0.15) is 121 Å². The van der Waals surface area contributed by atoms with Gasteiger partial charge in [0.15, 0.2) is 12.3 Å². The molecule has 0 radical (unpaired) electrons. The van der Waals surface area contributed by atoms with E-state index in [4.69, 9.17) is 11.5 Å². The molecule has 0 fully saturated rings. The number of thiol groups is 2. The normalized spacial score (nSPS) is 23.8. The zero-order chi connectivity index (χ0) is 89.8. The van der Waals surface area contributed by atoms with Crippen LogP contribution < -0.4 is 69.5 Å². The van der Waals surface area contributed by atoms with Crippen LogP contribution >= 0.6 is 25.3 Å². The number of phenolic OH excluding ortho intramolecular Hbond substituents is 1. The van der Waals surface area contributed by atoms with Crippen molar-refractivity contribution in [1.82, 2.24) is 58.2 Å². The molecule has 7 aromatic carbocycles. The molecule has 0 bridgehead atoms. The Balaban J connectivity index is 0.924. The number of rotatable bonds is 15. The number of benzene rings is 7. The first kappa shape index (κ1) is 93.5. The fourth-order valence-electron chi connectivity index (χ4n) is 16.6. The summed E-state index contributed by atoms with van der Waals surface area (Å²) in [6.07, 6.45) is 9.01. The van der Waals surface area contributed by atoms with Gasteiger partial charge in [-0.1, -0.05) is 147 Å². The Hall–Kier alpha value is -12.2. The average Bonchev–Trinajstić information content (AvgIpc) is 1.58. The minimum absolute atomic E-state index is 0.00270. The van der Waals surface area contributed by atoms with Gasteiger partial charge in [-0.15, -0.1) is 0 Å². The van der Waals surface area contributed by atoms with Gasteiger partial charge < -0.3 is 89.8 Å². The number of carbonyl (C=O) groups is 11. The van der Waals surface area contributed by atoms with Gasteiger partial charge in [0, 0.05) is 102 Å². The lowest BCUT2D eigenvalue weighted by molar-refractivity contribution is -0.436. The van der Waals surface area contributed by atoms with Crippen LogP contribution in [-0.4, -0.2) is 200 Å². The highest BCUT2D eigenvalue weighted by Gasteiger charge is 2.47. The molecule has 0 saturated heterocycles. The molecule has 125 heavy (non-hydrogen) atoms. The molecule has 4 heterocycles. The number of aromatic hydroxyl groups is 1. The second-order valence-electron chi connectivity index (χ2n) is 33.1. The fourth-order valence-corrected chi connectivity index (χ4v) is 17.1. The molecule has 0 unspecified atom stereocenters. The van der Waals surface area contributed by atoms with Crippen molar-refractivity contribution in [3.63, 3.8) is 0 Å². The average molecular weight is 1740 g/mol. The SMILES string of the molecule is C[C@@H](O)[C@@H]1NC(=O)[C@H](CS)NC(=O)[C@H]([C@@H](C)O)NC(=O)[C@H](CCCCN)NC(=O)[C@@H](Cc2c[nH]c3ccccc23)NC(=O)[C@H](Cc2ccc(O)cc2)NC(=O)[C@H](CS)NC(=O)[C@@H](Cc2ccccc2)NC(=O)CC[N+]2=C(/C=C/C=C/C=C3/N(CCC(=O)NCCCC[C@@H](C(N)=O)NC1=O)c1ccc4ccccc4c1C3(C)C)C(C)(C)c1c2ccc2ccccc12. The lowest BCUT2D eigenvalue weighted by atomic mass is 9.79. The van der Waals surface area contributed by atoms with E-state index in [2.05, 4.69) is 175 Å².